The summed E-state index contributed by atoms with van der Waals surface area (Å²) < 4.78 is 0. The highest BCUT2D eigenvalue weighted by Crippen LogP contribution is 2.24. The van der Waals surface area contributed by atoms with Crippen LogP contribution in [0.2, 0.25) is 5.02 Å². The minimum absolute atomic E-state index is 0.0688. The van der Waals surface area contributed by atoms with E-state index in [-0.39, 0.29) is 5.75 Å². The van der Waals surface area contributed by atoms with Crippen molar-refractivity contribution in [3.05, 3.63) is 28.8 Å². The Labute approximate surface area is 85.9 Å². The first-order chi connectivity index (χ1) is 6.09. The standard InChI is InChI=1S/C9H9ClO2S/c1-6-2-3-7(4-8(6)10)13-5-9(11)12/h2-4H,5H2,1H3,(H,11,12). The van der Waals surface area contributed by atoms with Crippen molar-refractivity contribution in [2.45, 2.75) is 11.8 Å². The maximum absolute atomic E-state index is 10.3. The van der Waals surface area contributed by atoms with E-state index < -0.39 is 5.97 Å². The van der Waals surface area contributed by atoms with Crippen LogP contribution in [0.4, 0.5) is 0 Å². The number of benzene rings is 1. The summed E-state index contributed by atoms with van der Waals surface area (Å²) in [5.41, 5.74) is 1.00. The van der Waals surface area contributed by atoms with Gasteiger partial charge in [-0.25, -0.2) is 0 Å². The lowest BCUT2D eigenvalue weighted by Crippen LogP contribution is -1.97. The second-order valence-corrected chi connectivity index (χ2v) is 4.05. The number of halogens is 1. The van der Waals surface area contributed by atoms with Crippen LogP contribution in [0, 0.1) is 6.92 Å². The third-order valence-corrected chi connectivity index (χ3v) is 2.89. The maximum atomic E-state index is 10.3. The van der Waals surface area contributed by atoms with Gasteiger partial charge in [-0.05, 0) is 24.6 Å². The van der Waals surface area contributed by atoms with E-state index in [0.717, 1.165) is 10.5 Å². The SMILES string of the molecule is Cc1ccc(SCC(=O)O)cc1Cl. The van der Waals surface area contributed by atoms with Crippen LogP contribution < -0.4 is 0 Å². The highest BCUT2D eigenvalue weighted by Gasteiger charge is 2.01. The van der Waals surface area contributed by atoms with Crippen LogP contribution >= 0.6 is 23.4 Å². The first-order valence-electron chi connectivity index (χ1n) is 3.70. The van der Waals surface area contributed by atoms with Gasteiger partial charge >= 0.3 is 5.97 Å². The van der Waals surface area contributed by atoms with Gasteiger partial charge in [0, 0.05) is 9.92 Å². The molecule has 0 radical (unpaired) electrons. The van der Waals surface area contributed by atoms with Gasteiger partial charge in [-0.15, -0.1) is 11.8 Å². The molecule has 0 atom stereocenters. The molecule has 0 heterocycles. The molecule has 0 aromatic heterocycles. The second kappa shape index (κ2) is 4.53. The molecule has 2 nitrogen and oxygen atoms in total. The zero-order chi connectivity index (χ0) is 9.84. The summed E-state index contributed by atoms with van der Waals surface area (Å²) >= 11 is 7.14. The summed E-state index contributed by atoms with van der Waals surface area (Å²) in [7, 11) is 0. The Balaban J connectivity index is 2.68. The average molecular weight is 217 g/mol. The number of carboxylic acid groups (broad SMARTS) is 1. The molecule has 0 saturated carbocycles. The Bertz CT molecular complexity index is 325. The Morgan fingerprint density at radius 3 is 2.85 bits per heavy atom. The van der Waals surface area contributed by atoms with Crippen LogP contribution in [0.3, 0.4) is 0 Å². The first-order valence-corrected chi connectivity index (χ1v) is 5.06. The van der Waals surface area contributed by atoms with E-state index in [0.29, 0.717) is 5.02 Å². The molecule has 13 heavy (non-hydrogen) atoms. The molecule has 1 rings (SSSR count). The number of carbonyl (C=O) groups is 1. The Morgan fingerprint density at radius 2 is 2.31 bits per heavy atom. The van der Waals surface area contributed by atoms with E-state index in [1.807, 2.05) is 19.1 Å². The normalized spacial score (nSPS) is 10.0. The van der Waals surface area contributed by atoms with Gasteiger partial charge in [0.25, 0.3) is 0 Å². The average Bonchev–Trinajstić information content (AvgIpc) is 2.07. The van der Waals surface area contributed by atoms with Crippen LogP contribution in [0.25, 0.3) is 0 Å². The Morgan fingerprint density at radius 1 is 1.62 bits per heavy atom. The second-order valence-electron chi connectivity index (χ2n) is 2.59. The van der Waals surface area contributed by atoms with Crippen molar-refractivity contribution in [1.29, 1.82) is 0 Å². The van der Waals surface area contributed by atoms with Crippen molar-refractivity contribution in [1.82, 2.24) is 0 Å². The summed E-state index contributed by atoms with van der Waals surface area (Å²) in [5.74, 6) is -0.749. The molecule has 0 unspecified atom stereocenters. The van der Waals surface area contributed by atoms with Crippen LogP contribution in [0.5, 0.6) is 0 Å². The third-order valence-electron chi connectivity index (χ3n) is 1.51. The van der Waals surface area contributed by atoms with Crippen molar-refractivity contribution in [2.24, 2.45) is 0 Å². The molecule has 0 amide bonds. The fraction of sp³-hybridized carbons (Fsp3) is 0.222. The molecule has 1 aromatic carbocycles. The summed E-state index contributed by atoms with van der Waals surface area (Å²) in [6, 6.07) is 5.53. The summed E-state index contributed by atoms with van der Waals surface area (Å²) in [5, 5.41) is 9.12. The number of aryl methyl sites for hydroxylation is 1. The van der Waals surface area contributed by atoms with Crippen LogP contribution in [0.1, 0.15) is 5.56 Å². The van der Waals surface area contributed by atoms with Crippen molar-refractivity contribution in [3.63, 3.8) is 0 Å². The molecule has 70 valence electrons. The van der Waals surface area contributed by atoms with E-state index >= 15 is 0 Å². The van der Waals surface area contributed by atoms with Crippen LogP contribution in [-0.2, 0) is 4.79 Å². The maximum Gasteiger partial charge on any atom is 0.313 e. The molecule has 1 aromatic rings. The predicted molar refractivity (Wildman–Crippen MR) is 54.5 cm³/mol. The fourth-order valence-electron chi connectivity index (χ4n) is 0.808. The first kappa shape index (κ1) is 10.4. The lowest BCUT2D eigenvalue weighted by Gasteiger charge is -2.01. The van der Waals surface area contributed by atoms with Gasteiger partial charge in [-0.1, -0.05) is 17.7 Å². The van der Waals surface area contributed by atoms with Gasteiger partial charge in [-0.3, -0.25) is 4.79 Å². The van der Waals surface area contributed by atoms with E-state index in [9.17, 15) is 4.79 Å². The molecule has 0 spiro atoms. The van der Waals surface area contributed by atoms with Crippen molar-refractivity contribution in [3.8, 4) is 0 Å². The van der Waals surface area contributed by atoms with Gasteiger partial charge in [0.1, 0.15) is 0 Å². The minimum atomic E-state index is -0.818. The molecule has 4 heteroatoms. The molecule has 0 bridgehead atoms. The highest BCUT2D eigenvalue weighted by molar-refractivity contribution is 8.00. The fourth-order valence-corrected chi connectivity index (χ4v) is 1.71. The number of hydrogen-bond acceptors (Lipinski definition) is 2. The van der Waals surface area contributed by atoms with Crippen molar-refractivity contribution in [2.75, 3.05) is 5.75 Å². The van der Waals surface area contributed by atoms with E-state index in [4.69, 9.17) is 16.7 Å². The summed E-state index contributed by atoms with van der Waals surface area (Å²) in [4.78, 5) is 11.2. The Hall–Kier alpha value is -0.670. The monoisotopic (exact) mass is 216 g/mol. The van der Waals surface area contributed by atoms with E-state index in [1.54, 1.807) is 6.07 Å². The quantitative estimate of drug-likeness (QED) is 0.790. The molecule has 0 aliphatic heterocycles. The predicted octanol–water partition coefficient (Wildman–Crippen LogP) is 2.83. The van der Waals surface area contributed by atoms with Crippen molar-refractivity contribution < 1.29 is 9.90 Å². The number of rotatable bonds is 3. The highest BCUT2D eigenvalue weighted by atomic mass is 35.5. The van der Waals surface area contributed by atoms with E-state index in [1.165, 1.54) is 11.8 Å². The number of carboxylic acids is 1. The molecule has 1 N–H and O–H groups in total. The van der Waals surface area contributed by atoms with Gasteiger partial charge in [-0.2, -0.15) is 0 Å². The van der Waals surface area contributed by atoms with Crippen molar-refractivity contribution >= 4 is 29.3 Å². The summed E-state index contributed by atoms with van der Waals surface area (Å²) in [6.45, 7) is 1.91. The Kier molecular flexibility index (Phi) is 3.63. The lowest BCUT2D eigenvalue weighted by molar-refractivity contribution is -0.133. The molecular weight excluding hydrogens is 208 g/mol. The molecule has 0 aliphatic rings. The lowest BCUT2D eigenvalue weighted by atomic mass is 10.2. The number of thioether (sulfide) groups is 1. The summed E-state index contributed by atoms with van der Waals surface area (Å²) in [6.07, 6.45) is 0. The zero-order valence-electron chi connectivity index (χ0n) is 7.08. The number of hydrogen-bond donors (Lipinski definition) is 1. The molecule has 0 saturated heterocycles. The smallest absolute Gasteiger partial charge is 0.313 e. The number of aliphatic carboxylic acids is 1. The minimum Gasteiger partial charge on any atom is -0.481 e. The van der Waals surface area contributed by atoms with Gasteiger partial charge in [0.05, 0.1) is 5.75 Å². The van der Waals surface area contributed by atoms with Gasteiger partial charge < -0.3 is 5.11 Å². The van der Waals surface area contributed by atoms with Gasteiger partial charge in [0.2, 0.25) is 0 Å². The molecule has 0 fully saturated rings. The van der Waals surface area contributed by atoms with Gasteiger partial charge in [0.15, 0.2) is 0 Å². The zero-order valence-corrected chi connectivity index (χ0v) is 8.65. The molecule has 0 aliphatic carbocycles. The molecular formula is C9H9ClO2S. The van der Waals surface area contributed by atoms with Crippen LogP contribution in [-0.4, -0.2) is 16.8 Å². The third kappa shape index (κ3) is 3.28. The van der Waals surface area contributed by atoms with E-state index in [2.05, 4.69) is 0 Å². The van der Waals surface area contributed by atoms with Crippen LogP contribution in [0.15, 0.2) is 23.1 Å². The topological polar surface area (TPSA) is 37.3 Å². The largest absolute Gasteiger partial charge is 0.481 e.